The smallest absolute Gasteiger partial charge is 0.311 e. The summed E-state index contributed by atoms with van der Waals surface area (Å²) in [6.45, 7) is 4.43. The molecule has 1 aromatic carbocycles. The van der Waals surface area contributed by atoms with Crippen LogP contribution in [0.4, 0.5) is 0 Å². The first kappa shape index (κ1) is 23.1. The Labute approximate surface area is 176 Å². The number of aryl methyl sites for hydroxylation is 1. The highest BCUT2D eigenvalue weighted by Crippen LogP contribution is 2.21. The number of nitrogens with zero attached hydrogens (tertiary/aromatic N) is 2. The zero-order chi connectivity index (χ0) is 20.7. The SMILES string of the molecule is CCCCCCCCC(=O)Oc1ccc(-c2cnc(CCCCCC)cn2)cc1. The van der Waals surface area contributed by atoms with Gasteiger partial charge >= 0.3 is 5.97 Å². The van der Waals surface area contributed by atoms with Crippen molar-refractivity contribution in [1.82, 2.24) is 9.97 Å². The van der Waals surface area contributed by atoms with E-state index in [0.717, 1.165) is 36.2 Å². The van der Waals surface area contributed by atoms with Crippen molar-refractivity contribution >= 4 is 5.97 Å². The Morgan fingerprint density at radius 2 is 1.45 bits per heavy atom. The van der Waals surface area contributed by atoms with Crippen LogP contribution in [0, 0.1) is 0 Å². The van der Waals surface area contributed by atoms with Crippen molar-refractivity contribution in [3.8, 4) is 17.0 Å². The molecule has 2 rings (SSSR count). The summed E-state index contributed by atoms with van der Waals surface area (Å²) in [5.74, 6) is 0.436. The van der Waals surface area contributed by atoms with E-state index in [1.165, 1.54) is 51.4 Å². The second-order valence-electron chi connectivity index (χ2n) is 7.72. The molecule has 0 saturated carbocycles. The number of hydrogen-bond acceptors (Lipinski definition) is 4. The number of carbonyl (C=O) groups excluding carboxylic acids is 1. The van der Waals surface area contributed by atoms with Crippen molar-refractivity contribution in [2.45, 2.75) is 90.9 Å². The average Bonchev–Trinajstić information content (AvgIpc) is 2.75. The number of ether oxygens (including phenoxy) is 1. The highest BCUT2D eigenvalue weighted by molar-refractivity contribution is 5.72. The molecule has 0 bridgehead atoms. The van der Waals surface area contributed by atoms with Gasteiger partial charge in [0.2, 0.25) is 0 Å². The third-order valence-corrected chi connectivity index (χ3v) is 5.11. The van der Waals surface area contributed by atoms with Gasteiger partial charge in [0.1, 0.15) is 5.75 Å². The van der Waals surface area contributed by atoms with Gasteiger partial charge in [0.15, 0.2) is 0 Å². The number of esters is 1. The molecular weight excluding hydrogens is 360 g/mol. The van der Waals surface area contributed by atoms with Crippen molar-refractivity contribution in [2.75, 3.05) is 0 Å². The van der Waals surface area contributed by atoms with E-state index in [0.29, 0.717) is 12.2 Å². The third kappa shape index (κ3) is 9.21. The average molecular weight is 397 g/mol. The van der Waals surface area contributed by atoms with E-state index in [2.05, 4.69) is 23.8 Å². The van der Waals surface area contributed by atoms with Crippen molar-refractivity contribution < 1.29 is 9.53 Å². The maximum absolute atomic E-state index is 12.0. The summed E-state index contributed by atoms with van der Waals surface area (Å²) >= 11 is 0. The first-order valence-corrected chi connectivity index (χ1v) is 11.3. The zero-order valence-electron chi connectivity index (χ0n) is 18.2. The maximum Gasteiger partial charge on any atom is 0.311 e. The largest absolute Gasteiger partial charge is 0.427 e. The topological polar surface area (TPSA) is 52.1 Å². The van der Waals surface area contributed by atoms with Crippen LogP contribution in [0.15, 0.2) is 36.7 Å². The standard InChI is InChI=1S/C25H36N2O2/c1-3-5-7-9-10-12-14-25(28)29-23-17-15-21(16-18-23)24-20-26-22(19-27-24)13-11-8-6-4-2/h15-20H,3-14H2,1-2H3. The molecule has 0 radical (unpaired) electrons. The molecule has 2 aromatic rings. The molecule has 29 heavy (non-hydrogen) atoms. The minimum absolute atomic E-state index is 0.152. The summed E-state index contributed by atoms with van der Waals surface area (Å²) in [5, 5.41) is 0. The number of carbonyl (C=O) groups is 1. The highest BCUT2D eigenvalue weighted by Gasteiger charge is 2.06. The fourth-order valence-electron chi connectivity index (χ4n) is 3.29. The van der Waals surface area contributed by atoms with Crippen molar-refractivity contribution in [1.29, 1.82) is 0 Å². The molecule has 0 spiro atoms. The highest BCUT2D eigenvalue weighted by atomic mass is 16.5. The van der Waals surface area contributed by atoms with E-state index < -0.39 is 0 Å². The summed E-state index contributed by atoms with van der Waals surface area (Å²) in [6, 6.07) is 7.51. The van der Waals surface area contributed by atoms with Gasteiger partial charge in [-0.3, -0.25) is 14.8 Å². The maximum atomic E-state index is 12.0. The molecule has 0 saturated heterocycles. The Bertz CT molecular complexity index is 696. The first-order chi connectivity index (χ1) is 14.2. The fraction of sp³-hybridized carbons (Fsp3) is 0.560. The van der Waals surface area contributed by atoms with E-state index >= 15 is 0 Å². The van der Waals surface area contributed by atoms with Crippen LogP contribution in [0.1, 0.15) is 90.2 Å². The Morgan fingerprint density at radius 1 is 0.793 bits per heavy atom. The molecule has 0 atom stereocenters. The number of unbranched alkanes of at least 4 members (excludes halogenated alkanes) is 8. The lowest BCUT2D eigenvalue weighted by Gasteiger charge is -2.06. The Morgan fingerprint density at radius 3 is 2.10 bits per heavy atom. The van der Waals surface area contributed by atoms with Crippen LogP contribution in [-0.4, -0.2) is 15.9 Å². The molecule has 0 aliphatic carbocycles. The van der Waals surface area contributed by atoms with Gasteiger partial charge in [0.05, 0.1) is 17.6 Å². The van der Waals surface area contributed by atoms with Gasteiger partial charge < -0.3 is 4.74 Å². The van der Waals surface area contributed by atoms with E-state index in [1.807, 2.05) is 36.7 Å². The number of aromatic nitrogens is 2. The van der Waals surface area contributed by atoms with Gasteiger partial charge in [0, 0.05) is 18.2 Å². The van der Waals surface area contributed by atoms with Gasteiger partial charge in [-0.25, -0.2) is 0 Å². The van der Waals surface area contributed by atoms with Crippen LogP contribution < -0.4 is 4.74 Å². The minimum atomic E-state index is -0.152. The molecule has 1 heterocycles. The third-order valence-electron chi connectivity index (χ3n) is 5.11. The van der Waals surface area contributed by atoms with Crippen molar-refractivity contribution in [2.24, 2.45) is 0 Å². The fourth-order valence-corrected chi connectivity index (χ4v) is 3.29. The minimum Gasteiger partial charge on any atom is -0.427 e. The molecule has 158 valence electrons. The van der Waals surface area contributed by atoms with Crippen LogP contribution in [0.2, 0.25) is 0 Å². The molecule has 0 aliphatic rings. The lowest BCUT2D eigenvalue weighted by molar-refractivity contribution is -0.134. The van der Waals surface area contributed by atoms with E-state index in [-0.39, 0.29) is 5.97 Å². The van der Waals surface area contributed by atoms with Gasteiger partial charge in [-0.15, -0.1) is 0 Å². The predicted octanol–water partition coefficient (Wildman–Crippen LogP) is 6.92. The summed E-state index contributed by atoms with van der Waals surface area (Å²) < 4.78 is 5.44. The van der Waals surface area contributed by atoms with Crippen LogP contribution in [0.25, 0.3) is 11.3 Å². The van der Waals surface area contributed by atoms with Crippen LogP contribution >= 0.6 is 0 Å². The van der Waals surface area contributed by atoms with Crippen molar-refractivity contribution in [3.63, 3.8) is 0 Å². The number of benzene rings is 1. The monoisotopic (exact) mass is 396 g/mol. The summed E-state index contributed by atoms with van der Waals surface area (Å²) in [6.07, 6.45) is 17.1. The van der Waals surface area contributed by atoms with Gasteiger partial charge in [-0.1, -0.05) is 65.2 Å². The second-order valence-corrected chi connectivity index (χ2v) is 7.72. The number of hydrogen-bond donors (Lipinski definition) is 0. The van der Waals surface area contributed by atoms with Crippen LogP contribution in [0.5, 0.6) is 5.75 Å². The van der Waals surface area contributed by atoms with E-state index in [9.17, 15) is 4.79 Å². The molecule has 0 unspecified atom stereocenters. The lowest BCUT2D eigenvalue weighted by atomic mass is 10.1. The Kier molecular flexibility index (Phi) is 11.0. The zero-order valence-corrected chi connectivity index (χ0v) is 18.2. The Balaban J connectivity index is 1.75. The van der Waals surface area contributed by atoms with Crippen molar-refractivity contribution in [3.05, 3.63) is 42.4 Å². The van der Waals surface area contributed by atoms with Gasteiger partial charge in [-0.2, -0.15) is 0 Å². The molecule has 0 amide bonds. The first-order valence-electron chi connectivity index (χ1n) is 11.3. The summed E-state index contributed by atoms with van der Waals surface area (Å²) in [4.78, 5) is 21.1. The lowest BCUT2D eigenvalue weighted by Crippen LogP contribution is -2.07. The molecular formula is C25H36N2O2. The van der Waals surface area contributed by atoms with E-state index in [1.54, 1.807) is 0 Å². The summed E-state index contributed by atoms with van der Waals surface area (Å²) in [7, 11) is 0. The second kappa shape index (κ2) is 13.9. The molecule has 0 N–H and O–H groups in total. The molecule has 4 nitrogen and oxygen atoms in total. The quantitative estimate of drug-likeness (QED) is 0.197. The molecule has 4 heteroatoms. The Hall–Kier alpha value is -2.23. The van der Waals surface area contributed by atoms with Crippen LogP contribution in [-0.2, 0) is 11.2 Å². The summed E-state index contributed by atoms with van der Waals surface area (Å²) in [5.41, 5.74) is 2.86. The molecule has 1 aromatic heterocycles. The van der Waals surface area contributed by atoms with E-state index in [4.69, 9.17) is 4.74 Å². The molecule has 0 aliphatic heterocycles. The van der Waals surface area contributed by atoms with Crippen LogP contribution in [0.3, 0.4) is 0 Å². The van der Waals surface area contributed by atoms with Gasteiger partial charge in [-0.05, 0) is 43.5 Å². The molecule has 0 fully saturated rings. The number of rotatable bonds is 14. The predicted molar refractivity (Wildman–Crippen MR) is 119 cm³/mol. The van der Waals surface area contributed by atoms with Gasteiger partial charge in [0.25, 0.3) is 0 Å². The normalized spacial score (nSPS) is 10.8.